The number of rotatable bonds is 58. The minimum Gasteiger partial charge on any atom is -0.462 e. The van der Waals surface area contributed by atoms with Crippen LogP contribution in [0, 0.1) is 0 Å². The second kappa shape index (κ2) is 67.5. The van der Waals surface area contributed by atoms with E-state index in [-0.39, 0.29) is 44.0 Å². The van der Waals surface area contributed by atoms with Gasteiger partial charge in [-0.15, -0.1) is 0 Å². The lowest BCUT2D eigenvalue weighted by Crippen LogP contribution is -2.30. The highest BCUT2D eigenvalue weighted by Gasteiger charge is 2.19. The zero-order chi connectivity index (χ0) is 58.5. The monoisotopic (exact) mass is 1120 g/mol. The fraction of sp³-hybridized carbons (Fsp3) is 0.613. The van der Waals surface area contributed by atoms with Gasteiger partial charge in [-0.1, -0.05) is 275 Å². The summed E-state index contributed by atoms with van der Waals surface area (Å²) in [5, 5.41) is 0. The van der Waals surface area contributed by atoms with Crippen LogP contribution < -0.4 is 0 Å². The van der Waals surface area contributed by atoms with Crippen LogP contribution in [-0.2, 0) is 28.6 Å². The number of carbonyl (C=O) groups is 3. The molecule has 0 saturated carbocycles. The van der Waals surface area contributed by atoms with Crippen LogP contribution in [0.4, 0.5) is 0 Å². The van der Waals surface area contributed by atoms with Gasteiger partial charge in [0.15, 0.2) is 6.10 Å². The van der Waals surface area contributed by atoms with Gasteiger partial charge >= 0.3 is 17.9 Å². The van der Waals surface area contributed by atoms with Crippen molar-refractivity contribution in [2.24, 2.45) is 0 Å². The Morgan fingerprint density at radius 3 is 0.815 bits per heavy atom. The van der Waals surface area contributed by atoms with Gasteiger partial charge in [0.1, 0.15) is 13.2 Å². The molecule has 0 N–H and O–H groups in total. The summed E-state index contributed by atoms with van der Waals surface area (Å²) >= 11 is 0. The molecule has 0 aromatic heterocycles. The highest BCUT2D eigenvalue weighted by Crippen LogP contribution is 2.15. The Bertz CT molecular complexity index is 1810. The number of hydrogen-bond donors (Lipinski definition) is 0. The van der Waals surface area contributed by atoms with Crippen molar-refractivity contribution in [2.75, 3.05) is 13.2 Å². The SMILES string of the molecule is CC/C=C\C/C=C\C/C=C\C/C=C\C/C=C\C/C=C\C/C=C\CCCC(=O)OCC(COC(=O)CCCCCCCCCCC/C=C\CCCCCCCC)OC(=O)CCCCCCC/C=C\C/C=C\C/C=C\C/C=C\C/C=C\CC. The summed E-state index contributed by atoms with van der Waals surface area (Å²) in [6.07, 6.45) is 98.2. The van der Waals surface area contributed by atoms with Crippen LogP contribution in [0.1, 0.15) is 278 Å². The van der Waals surface area contributed by atoms with Crippen molar-refractivity contribution < 1.29 is 28.6 Å². The molecule has 0 saturated heterocycles. The predicted molar refractivity (Wildman–Crippen MR) is 352 cm³/mol. The maximum absolute atomic E-state index is 12.9. The number of esters is 3. The Labute approximate surface area is 499 Å². The standard InChI is InChI=1S/C75H120O6/c1-4-7-10-13-16-19-22-25-28-31-34-36-37-39-41-44-47-50-53-56-59-62-65-68-74(77)80-71-72(70-79-73(76)67-64-61-58-55-52-49-46-43-40-33-30-27-24-21-18-15-12-9-6-3)81-75(78)69-66-63-60-57-54-51-48-45-42-38-35-32-29-26-23-20-17-14-11-8-5-2/h7-8,10-11,16-17,19-20,25-30,34-36,38-39,41,45,47-48,50,56,59,72H,4-6,9,12-15,18,21-24,31-33,37,40,42-44,46,49,51-55,57-58,60-71H2,1-3H3/b10-7-,11-8-,19-16-,20-17-,28-25-,29-26-,30-27-,36-34-,38-35-,41-39-,48-45-,50-47-,59-56-. The molecule has 81 heavy (non-hydrogen) atoms. The Kier molecular flexibility index (Phi) is 63.4. The van der Waals surface area contributed by atoms with E-state index in [9.17, 15) is 14.4 Å². The van der Waals surface area contributed by atoms with Gasteiger partial charge in [-0.25, -0.2) is 0 Å². The summed E-state index contributed by atoms with van der Waals surface area (Å²) in [7, 11) is 0. The van der Waals surface area contributed by atoms with Crippen LogP contribution in [0.2, 0.25) is 0 Å². The molecule has 0 rings (SSSR count). The molecule has 1 unspecified atom stereocenters. The van der Waals surface area contributed by atoms with E-state index < -0.39 is 6.10 Å². The minimum atomic E-state index is -0.823. The number of unbranched alkanes of at least 4 members (excludes halogenated alkanes) is 21. The van der Waals surface area contributed by atoms with E-state index in [0.29, 0.717) is 12.8 Å². The van der Waals surface area contributed by atoms with Crippen LogP contribution in [0.25, 0.3) is 0 Å². The average Bonchev–Trinajstić information content (AvgIpc) is 3.47. The van der Waals surface area contributed by atoms with Crippen LogP contribution >= 0.6 is 0 Å². The molecular formula is C75H120O6. The topological polar surface area (TPSA) is 78.9 Å². The first kappa shape index (κ1) is 76.0. The first-order valence-electron chi connectivity index (χ1n) is 33.0. The third-order valence-corrected chi connectivity index (χ3v) is 13.5. The van der Waals surface area contributed by atoms with E-state index in [1.165, 1.54) is 89.9 Å². The van der Waals surface area contributed by atoms with E-state index in [2.05, 4.69) is 179 Å². The fourth-order valence-corrected chi connectivity index (χ4v) is 8.63. The second-order valence-electron chi connectivity index (χ2n) is 21.3. The first-order valence-corrected chi connectivity index (χ1v) is 33.0. The average molecular weight is 1120 g/mol. The van der Waals surface area contributed by atoms with E-state index >= 15 is 0 Å². The molecule has 6 heteroatoms. The summed E-state index contributed by atoms with van der Waals surface area (Å²) in [6.45, 7) is 6.35. The predicted octanol–water partition coefficient (Wildman–Crippen LogP) is 22.9. The molecule has 0 heterocycles. The van der Waals surface area contributed by atoms with Crippen molar-refractivity contribution in [3.05, 3.63) is 158 Å². The Morgan fingerprint density at radius 1 is 0.259 bits per heavy atom. The molecule has 1 atom stereocenters. The molecule has 0 aliphatic carbocycles. The molecule has 0 aliphatic rings. The summed E-state index contributed by atoms with van der Waals surface area (Å²) in [4.78, 5) is 38.4. The molecule has 456 valence electrons. The molecule has 0 aliphatic heterocycles. The Morgan fingerprint density at radius 2 is 0.494 bits per heavy atom. The smallest absolute Gasteiger partial charge is 0.306 e. The lowest BCUT2D eigenvalue weighted by molar-refractivity contribution is -0.167. The summed E-state index contributed by atoms with van der Waals surface area (Å²) < 4.78 is 16.9. The van der Waals surface area contributed by atoms with Gasteiger partial charge < -0.3 is 14.2 Å². The molecule has 0 aromatic rings. The van der Waals surface area contributed by atoms with Crippen LogP contribution in [0.15, 0.2) is 158 Å². The molecule has 0 fully saturated rings. The van der Waals surface area contributed by atoms with E-state index in [4.69, 9.17) is 14.2 Å². The van der Waals surface area contributed by atoms with Crippen molar-refractivity contribution in [1.29, 1.82) is 0 Å². The maximum atomic E-state index is 12.9. The molecule has 0 spiro atoms. The van der Waals surface area contributed by atoms with E-state index in [1.807, 2.05) is 0 Å². The van der Waals surface area contributed by atoms with Crippen LogP contribution in [-0.4, -0.2) is 37.2 Å². The molecule has 0 aromatic carbocycles. The summed E-state index contributed by atoms with van der Waals surface area (Å²) in [5.74, 6) is -0.995. The number of ether oxygens (including phenoxy) is 3. The Balaban J connectivity index is 4.56. The van der Waals surface area contributed by atoms with Gasteiger partial charge in [-0.2, -0.15) is 0 Å². The molecular weight excluding hydrogens is 997 g/mol. The molecule has 6 nitrogen and oxygen atoms in total. The third kappa shape index (κ3) is 65.7. The van der Waals surface area contributed by atoms with Crippen molar-refractivity contribution in [2.45, 2.75) is 284 Å². The third-order valence-electron chi connectivity index (χ3n) is 13.5. The minimum absolute atomic E-state index is 0.111. The second-order valence-corrected chi connectivity index (χ2v) is 21.3. The number of carbonyl (C=O) groups excluding carboxylic acids is 3. The van der Waals surface area contributed by atoms with Crippen molar-refractivity contribution in [3.63, 3.8) is 0 Å². The molecule has 0 bridgehead atoms. The maximum Gasteiger partial charge on any atom is 0.306 e. The normalized spacial score (nSPS) is 13.2. The molecule has 0 amide bonds. The highest BCUT2D eigenvalue weighted by atomic mass is 16.6. The van der Waals surface area contributed by atoms with Gasteiger partial charge in [0, 0.05) is 19.3 Å². The highest BCUT2D eigenvalue weighted by molar-refractivity contribution is 5.71. The quantitative estimate of drug-likeness (QED) is 0.0261. The number of allylic oxidation sites excluding steroid dienone is 26. The van der Waals surface area contributed by atoms with Gasteiger partial charge in [0.05, 0.1) is 0 Å². The lowest BCUT2D eigenvalue weighted by Gasteiger charge is -2.18. The largest absolute Gasteiger partial charge is 0.462 e. The lowest BCUT2D eigenvalue weighted by atomic mass is 10.1. The van der Waals surface area contributed by atoms with Gasteiger partial charge in [0.2, 0.25) is 0 Å². The zero-order valence-electron chi connectivity index (χ0n) is 52.2. The molecule has 0 radical (unpaired) electrons. The summed E-state index contributed by atoms with van der Waals surface area (Å²) in [5.41, 5.74) is 0. The van der Waals surface area contributed by atoms with E-state index in [1.54, 1.807) is 0 Å². The van der Waals surface area contributed by atoms with Crippen LogP contribution in [0.3, 0.4) is 0 Å². The summed E-state index contributed by atoms with van der Waals surface area (Å²) in [6, 6.07) is 0. The van der Waals surface area contributed by atoms with Gasteiger partial charge in [-0.3, -0.25) is 14.4 Å². The van der Waals surface area contributed by atoms with Crippen molar-refractivity contribution in [3.8, 4) is 0 Å². The first-order chi connectivity index (χ1) is 40.0. The van der Waals surface area contributed by atoms with Crippen molar-refractivity contribution >= 4 is 17.9 Å². The fourth-order valence-electron chi connectivity index (χ4n) is 8.63. The number of hydrogen-bond acceptors (Lipinski definition) is 6. The zero-order valence-corrected chi connectivity index (χ0v) is 52.2. The van der Waals surface area contributed by atoms with Gasteiger partial charge in [-0.05, 0) is 141 Å². The van der Waals surface area contributed by atoms with Crippen LogP contribution in [0.5, 0.6) is 0 Å². The van der Waals surface area contributed by atoms with Crippen molar-refractivity contribution in [1.82, 2.24) is 0 Å². The Hall–Kier alpha value is -4.97. The van der Waals surface area contributed by atoms with E-state index in [0.717, 1.165) is 141 Å². The van der Waals surface area contributed by atoms with Gasteiger partial charge in [0.25, 0.3) is 0 Å².